The van der Waals surface area contributed by atoms with Crippen LogP contribution in [0, 0.1) is 0 Å². The SMILES string of the molecule is CN(C)C1(CNC(=O)c2ccnc(Cl)c2)CCC1. The number of amides is 1. The molecule has 1 aliphatic carbocycles. The third kappa shape index (κ3) is 2.65. The van der Waals surface area contributed by atoms with Crippen LogP contribution in [0.3, 0.4) is 0 Å². The number of rotatable bonds is 4. The van der Waals surface area contributed by atoms with Crippen LogP contribution in [0.4, 0.5) is 0 Å². The molecule has 0 unspecified atom stereocenters. The lowest BCUT2D eigenvalue weighted by Gasteiger charge is -2.47. The van der Waals surface area contributed by atoms with Crippen LogP contribution in [0.25, 0.3) is 0 Å². The second-order valence-electron chi connectivity index (χ2n) is 5.02. The zero-order chi connectivity index (χ0) is 13.2. The maximum Gasteiger partial charge on any atom is 0.251 e. The first-order valence-corrected chi connectivity index (χ1v) is 6.48. The summed E-state index contributed by atoms with van der Waals surface area (Å²) in [6.45, 7) is 0.679. The summed E-state index contributed by atoms with van der Waals surface area (Å²) in [5.41, 5.74) is 0.690. The molecule has 0 aromatic carbocycles. The van der Waals surface area contributed by atoms with Gasteiger partial charge in [-0.15, -0.1) is 0 Å². The van der Waals surface area contributed by atoms with Crippen LogP contribution in [0.5, 0.6) is 0 Å². The van der Waals surface area contributed by atoms with Crippen molar-refractivity contribution in [1.82, 2.24) is 15.2 Å². The summed E-state index contributed by atoms with van der Waals surface area (Å²) in [5, 5.41) is 3.32. The van der Waals surface area contributed by atoms with E-state index in [0.717, 1.165) is 12.8 Å². The third-order valence-corrected chi connectivity index (χ3v) is 4.01. The van der Waals surface area contributed by atoms with Crippen LogP contribution in [0.15, 0.2) is 18.3 Å². The minimum Gasteiger partial charge on any atom is -0.350 e. The highest BCUT2D eigenvalue weighted by molar-refractivity contribution is 6.29. The minimum absolute atomic E-state index is 0.0903. The molecule has 1 heterocycles. The van der Waals surface area contributed by atoms with Crippen LogP contribution in [-0.4, -0.2) is 42.0 Å². The molecule has 1 N–H and O–H groups in total. The van der Waals surface area contributed by atoms with E-state index in [2.05, 4.69) is 29.3 Å². The molecule has 0 spiro atoms. The van der Waals surface area contributed by atoms with Crippen LogP contribution in [0.2, 0.25) is 5.15 Å². The quantitative estimate of drug-likeness (QED) is 0.848. The predicted octanol–water partition coefficient (Wildman–Crippen LogP) is 1.95. The molecule has 1 aliphatic rings. The Morgan fingerprint density at radius 3 is 2.78 bits per heavy atom. The molecule has 98 valence electrons. The Bertz CT molecular complexity index is 444. The van der Waals surface area contributed by atoms with Crippen molar-refractivity contribution in [2.75, 3.05) is 20.6 Å². The lowest BCUT2D eigenvalue weighted by atomic mass is 9.75. The van der Waals surface area contributed by atoms with Gasteiger partial charge in [0.1, 0.15) is 5.15 Å². The fourth-order valence-corrected chi connectivity index (χ4v) is 2.43. The fraction of sp³-hybridized carbons (Fsp3) is 0.538. The molecule has 0 aliphatic heterocycles. The number of nitrogens with one attached hydrogen (secondary N) is 1. The first-order chi connectivity index (χ1) is 8.53. The predicted molar refractivity (Wildman–Crippen MR) is 71.8 cm³/mol. The third-order valence-electron chi connectivity index (χ3n) is 3.80. The van der Waals surface area contributed by atoms with Crippen molar-refractivity contribution in [2.24, 2.45) is 0 Å². The summed E-state index contributed by atoms with van der Waals surface area (Å²) in [4.78, 5) is 18.1. The number of likely N-dealkylation sites (N-methyl/N-ethyl adjacent to an activating group) is 1. The van der Waals surface area contributed by atoms with Crippen LogP contribution < -0.4 is 5.32 Å². The zero-order valence-corrected chi connectivity index (χ0v) is 11.5. The highest BCUT2D eigenvalue weighted by Crippen LogP contribution is 2.35. The molecule has 1 aromatic heterocycles. The second kappa shape index (κ2) is 5.24. The van der Waals surface area contributed by atoms with E-state index in [0.29, 0.717) is 17.3 Å². The van der Waals surface area contributed by atoms with E-state index in [1.165, 1.54) is 6.42 Å². The maximum absolute atomic E-state index is 12.0. The van der Waals surface area contributed by atoms with Gasteiger partial charge in [-0.1, -0.05) is 11.6 Å². The molecule has 0 radical (unpaired) electrons. The van der Waals surface area contributed by atoms with E-state index in [9.17, 15) is 4.79 Å². The summed E-state index contributed by atoms with van der Waals surface area (Å²) in [5.74, 6) is -0.0903. The van der Waals surface area contributed by atoms with Gasteiger partial charge in [-0.25, -0.2) is 4.98 Å². The molecule has 2 rings (SSSR count). The van der Waals surface area contributed by atoms with Gasteiger partial charge in [0.05, 0.1) is 0 Å². The maximum atomic E-state index is 12.0. The number of carbonyl (C=O) groups excluding carboxylic acids is 1. The number of halogens is 1. The molecule has 0 bridgehead atoms. The van der Waals surface area contributed by atoms with E-state index in [1.54, 1.807) is 18.3 Å². The van der Waals surface area contributed by atoms with E-state index < -0.39 is 0 Å². The number of hydrogen-bond donors (Lipinski definition) is 1. The fourth-order valence-electron chi connectivity index (χ4n) is 2.26. The number of hydrogen-bond acceptors (Lipinski definition) is 3. The van der Waals surface area contributed by atoms with Gasteiger partial charge >= 0.3 is 0 Å². The van der Waals surface area contributed by atoms with Gasteiger partial charge in [0.2, 0.25) is 0 Å². The van der Waals surface area contributed by atoms with Crippen LogP contribution in [-0.2, 0) is 0 Å². The van der Waals surface area contributed by atoms with Gasteiger partial charge in [0, 0.05) is 23.8 Å². The van der Waals surface area contributed by atoms with Gasteiger partial charge in [0.25, 0.3) is 5.91 Å². The number of pyridine rings is 1. The molecule has 1 saturated carbocycles. The van der Waals surface area contributed by atoms with Gasteiger partial charge in [0.15, 0.2) is 0 Å². The minimum atomic E-state index is -0.0903. The molecule has 1 amide bonds. The molecular weight excluding hydrogens is 250 g/mol. The topological polar surface area (TPSA) is 45.2 Å². The lowest BCUT2D eigenvalue weighted by Crippen LogP contribution is -2.57. The summed E-state index contributed by atoms with van der Waals surface area (Å²) >= 11 is 5.77. The van der Waals surface area contributed by atoms with Gasteiger partial charge in [-0.3, -0.25) is 4.79 Å². The van der Waals surface area contributed by atoms with Crippen LogP contribution in [0.1, 0.15) is 29.6 Å². The van der Waals surface area contributed by atoms with E-state index >= 15 is 0 Å². The molecule has 18 heavy (non-hydrogen) atoms. The highest BCUT2D eigenvalue weighted by Gasteiger charge is 2.39. The van der Waals surface area contributed by atoms with Crippen molar-refractivity contribution < 1.29 is 4.79 Å². The smallest absolute Gasteiger partial charge is 0.251 e. The Morgan fingerprint density at radius 1 is 1.56 bits per heavy atom. The average molecular weight is 268 g/mol. The summed E-state index contributed by atoms with van der Waals surface area (Å²) in [6, 6.07) is 3.25. The number of carbonyl (C=O) groups is 1. The van der Waals surface area contributed by atoms with Crippen molar-refractivity contribution in [3.8, 4) is 0 Å². The number of aromatic nitrogens is 1. The van der Waals surface area contributed by atoms with E-state index in [-0.39, 0.29) is 11.4 Å². The van der Waals surface area contributed by atoms with Crippen molar-refractivity contribution in [3.63, 3.8) is 0 Å². The van der Waals surface area contributed by atoms with Crippen molar-refractivity contribution >= 4 is 17.5 Å². The van der Waals surface area contributed by atoms with Crippen molar-refractivity contribution in [3.05, 3.63) is 29.0 Å². The molecule has 1 aromatic rings. The van der Waals surface area contributed by atoms with Gasteiger partial charge in [-0.05, 0) is 45.5 Å². The standard InChI is InChI=1S/C13H18ClN3O/c1-17(2)13(5-3-6-13)9-16-12(18)10-4-7-15-11(14)8-10/h4,7-8H,3,5-6,9H2,1-2H3,(H,16,18). The highest BCUT2D eigenvalue weighted by atomic mass is 35.5. The Balaban J connectivity index is 1.96. The zero-order valence-electron chi connectivity index (χ0n) is 10.7. The van der Waals surface area contributed by atoms with Crippen molar-refractivity contribution in [1.29, 1.82) is 0 Å². The van der Waals surface area contributed by atoms with E-state index in [1.807, 2.05) is 0 Å². The Labute approximate surface area is 112 Å². The Morgan fingerprint density at radius 2 is 2.28 bits per heavy atom. The lowest BCUT2D eigenvalue weighted by molar-refractivity contribution is 0.0557. The molecule has 1 fully saturated rings. The van der Waals surface area contributed by atoms with Gasteiger partial charge < -0.3 is 10.2 Å². The number of nitrogens with zero attached hydrogens (tertiary/aromatic N) is 2. The monoisotopic (exact) mass is 267 g/mol. The summed E-state index contributed by atoms with van der Waals surface area (Å²) in [7, 11) is 4.13. The van der Waals surface area contributed by atoms with Crippen LogP contribution >= 0.6 is 11.6 Å². The summed E-state index contributed by atoms with van der Waals surface area (Å²) in [6.07, 6.45) is 5.05. The Kier molecular flexibility index (Phi) is 3.88. The first kappa shape index (κ1) is 13.3. The molecular formula is C13H18ClN3O. The summed E-state index contributed by atoms with van der Waals surface area (Å²) < 4.78 is 0. The second-order valence-corrected chi connectivity index (χ2v) is 5.41. The first-order valence-electron chi connectivity index (χ1n) is 6.11. The molecule has 4 nitrogen and oxygen atoms in total. The molecule has 0 atom stereocenters. The van der Waals surface area contributed by atoms with E-state index in [4.69, 9.17) is 11.6 Å². The van der Waals surface area contributed by atoms with Gasteiger partial charge in [-0.2, -0.15) is 0 Å². The van der Waals surface area contributed by atoms with Crippen molar-refractivity contribution in [2.45, 2.75) is 24.8 Å². The molecule has 0 saturated heterocycles. The molecule has 5 heteroatoms. The normalized spacial score (nSPS) is 17.3. The Hall–Kier alpha value is -1.13. The average Bonchev–Trinajstić information content (AvgIpc) is 2.26. The largest absolute Gasteiger partial charge is 0.350 e.